The molecule has 0 saturated heterocycles. The number of benzene rings is 1. The number of hydrogen-bond donors (Lipinski definition) is 3. The van der Waals surface area contributed by atoms with E-state index in [4.69, 9.17) is 4.74 Å². The molecular weight excluding hydrogens is 431 g/mol. The summed E-state index contributed by atoms with van der Waals surface area (Å²) in [6.07, 6.45) is 1.03. The number of hydrogen-bond acceptors (Lipinski definition) is 6. The number of nitrogens with one attached hydrogen (secondary N) is 3. The first-order valence-electron chi connectivity index (χ1n) is 7.21. The molecule has 0 unspecified atom stereocenters. The van der Waals surface area contributed by atoms with Crippen LogP contribution in [0.1, 0.15) is 12.0 Å². The molecule has 0 aliphatic carbocycles. The van der Waals surface area contributed by atoms with Gasteiger partial charge < -0.3 is 15.4 Å². The van der Waals surface area contributed by atoms with Crippen LogP contribution < -0.4 is 15.4 Å². The van der Waals surface area contributed by atoms with Crippen LogP contribution in [-0.2, 0) is 21.3 Å². The molecule has 1 aliphatic rings. The first-order chi connectivity index (χ1) is 10.6. The Morgan fingerprint density at radius 1 is 1.39 bits per heavy atom. The lowest BCUT2D eigenvalue weighted by Gasteiger charge is -2.16. The topological polar surface area (TPSA) is 91.8 Å². The SMILES string of the molecule is COCCNS(=O)(=O)c1cccc(CNC2=NCCCN2)c1.I. The van der Waals surface area contributed by atoms with Gasteiger partial charge in [-0.3, -0.25) is 4.99 Å². The fourth-order valence-corrected chi connectivity index (χ4v) is 3.10. The fraction of sp³-hybridized carbons (Fsp3) is 0.500. The Labute approximate surface area is 154 Å². The number of sulfonamides is 1. The smallest absolute Gasteiger partial charge is 0.240 e. The van der Waals surface area contributed by atoms with Gasteiger partial charge in [-0.05, 0) is 24.1 Å². The van der Waals surface area contributed by atoms with Crippen LogP contribution in [0.15, 0.2) is 34.2 Å². The van der Waals surface area contributed by atoms with Crippen LogP contribution in [0.4, 0.5) is 0 Å². The summed E-state index contributed by atoms with van der Waals surface area (Å²) in [6, 6.07) is 6.85. The second-order valence-corrected chi connectivity index (χ2v) is 6.67. The molecular formula is C14H23IN4O3S. The summed E-state index contributed by atoms with van der Waals surface area (Å²) < 4.78 is 31.6. The van der Waals surface area contributed by atoms with Gasteiger partial charge in [0.1, 0.15) is 0 Å². The standard InChI is InChI=1S/C14H22N4O3S.HI/c1-21-9-8-18-22(19,20)13-5-2-4-12(10-13)11-17-14-15-6-3-7-16-14;/h2,4-5,10,18H,3,6-9,11H2,1H3,(H2,15,16,17);1H. The quantitative estimate of drug-likeness (QED) is 0.416. The van der Waals surface area contributed by atoms with Crippen molar-refractivity contribution in [2.75, 3.05) is 33.4 Å². The summed E-state index contributed by atoms with van der Waals surface area (Å²) in [5, 5.41) is 6.34. The molecule has 0 spiro atoms. The molecule has 0 radical (unpaired) electrons. The molecule has 130 valence electrons. The largest absolute Gasteiger partial charge is 0.383 e. The average Bonchev–Trinajstić information content (AvgIpc) is 2.54. The Hall–Kier alpha value is -0.910. The number of methoxy groups -OCH3 is 1. The lowest BCUT2D eigenvalue weighted by Crippen LogP contribution is -2.40. The summed E-state index contributed by atoms with van der Waals surface area (Å²) >= 11 is 0. The van der Waals surface area contributed by atoms with Gasteiger partial charge in [0.15, 0.2) is 5.96 Å². The van der Waals surface area contributed by atoms with Crippen molar-refractivity contribution in [1.29, 1.82) is 0 Å². The van der Waals surface area contributed by atoms with Crippen molar-refractivity contribution in [3.63, 3.8) is 0 Å². The molecule has 0 atom stereocenters. The molecule has 1 aromatic rings. The van der Waals surface area contributed by atoms with Crippen molar-refractivity contribution < 1.29 is 13.2 Å². The number of ether oxygens (including phenoxy) is 1. The van der Waals surface area contributed by atoms with Crippen LogP contribution in [0.3, 0.4) is 0 Å². The number of nitrogens with zero attached hydrogens (tertiary/aromatic N) is 1. The molecule has 0 bridgehead atoms. The monoisotopic (exact) mass is 454 g/mol. The maximum Gasteiger partial charge on any atom is 0.240 e. The third-order valence-electron chi connectivity index (χ3n) is 3.16. The summed E-state index contributed by atoms with van der Waals surface area (Å²) in [7, 11) is -1.97. The fourth-order valence-electron chi connectivity index (χ4n) is 2.02. The van der Waals surface area contributed by atoms with Gasteiger partial charge in [0.25, 0.3) is 0 Å². The van der Waals surface area contributed by atoms with E-state index in [-0.39, 0.29) is 35.4 Å². The molecule has 1 heterocycles. The minimum absolute atomic E-state index is 0. The van der Waals surface area contributed by atoms with Gasteiger partial charge in [-0.1, -0.05) is 12.1 Å². The first-order valence-corrected chi connectivity index (χ1v) is 8.70. The van der Waals surface area contributed by atoms with E-state index in [1.807, 2.05) is 6.07 Å². The van der Waals surface area contributed by atoms with Crippen LogP contribution in [0.5, 0.6) is 0 Å². The second-order valence-electron chi connectivity index (χ2n) is 4.90. The molecule has 7 nitrogen and oxygen atoms in total. The first kappa shape index (κ1) is 20.1. The van der Waals surface area contributed by atoms with Crippen molar-refractivity contribution in [1.82, 2.24) is 15.4 Å². The Morgan fingerprint density at radius 3 is 2.91 bits per heavy atom. The van der Waals surface area contributed by atoms with Gasteiger partial charge in [0.2, 0.25) is 10.0 Å². The molecule has 0 saturated carbocycles. The van der Waals surface area contributed by atoms with Gasteiger partial charge in [0.05, 0.1) is 11.5 Å². The highest BCUT2D eigenvalue weighted by Gasteiger charge is 2.13. The minimum atomic E-state index is -3.50. The molecule has 3 N–H and O–H groups in total. The Balaban J connectivity index is 0.00000264. The molecule has 2 rings (SSSR count). The number of aliphatic imine (C=N–C) groups is 1. The zero-order chi connectivity index (χ0) is 15.8. The zero-order valence-corrected chi connectivity index (χ0v) is 16.2. The van der Waals surface area contributed by atoms with Crippen LogP contribution in [0.25, 0.3) is 0 Å². The lowest BCUT2D eigenvalue weighted by molar-refractivity contribution is 0.204. The van der Waals surface area contributed by atoms with E-state index in [1.165, 1.54) is 7.11 Å². The van der Waals surface area contributed by atoms with Crippen LogP contribution in [0.2, 0.25) is 0 Å². The van der Waals surface area contributed by atoms with E-state index in [2.05, 4.69) is 20.3 Å². The van der Waals surface area contributed by atoms with Gasteiger partial charge in [0, 0.05) is 33.3 Å². The maximum atomic E-state index is 12.1. The highest BCUT2D eigenvalue weighted by molar-refractivity contribution is 14.0. The van der Waals surface area contributed by atoms with E-state index < -0.39 is 10.0 Å². The highest BCUT2D eigenvalue weighted by Crippen LogP contribution is 2.11. The van der Waals surface area contributed by atoms with Crippen LogP contribution in [0, 0.1) is 0 Å². The third kappa shape index (κ3) is 6.61. The number of guanidine groups is 1. The Kier molecular flexibility index (Phi) is 8.81. The van der Waals surface area contributed by atoms with E-state index in [0.29, 0.717) is 13.2 Å². The van der Waals surface area contributed by atoms with Crippen molar-refractivity contribution in [3.8, 4) is 0 Å². The maximum absolute atomic E-state index is 12.1. The average molecular weight is 454 g/mol. The molecule has 0 fully saturated rings. The number of rotatable bonds is 7. The van der Waals surface area contributed by atoms with E-state index in [9.17, 15) is 8.42 Å². The third-order valence-corrected chi connectivity index (χ3v) is 4.62. The summed E-state index contributed by atoms with van der Waals surface area (Å²) in [6.45, 7) is 2.83. The molecule has 23 heavy (non-hydrogen) atoms. The molecule has 9 heteroatoms. The normalized spacial score (nSPS) is 14.4. The van der Waals surface area contributed by atoms with Gasteiger partial charge in [-0.15, -0.1) is 24.0 Å². The Bertz CT molecular complexity index is 622. The number of halogens is 1. The van der Waals surface area contributed by atoms with Gasteiger partial charge >= 0.3 is 0 Å². The van der Waals surface area contributed by atoms with E-state index in [1.54, 1.807) is 18.2 Å². The van der Waals surface area contributed by atoms with Crippen molar-refractivity contribution in [2.45, 2.75) is 17.9 Å². The predicted octanol–water partition coefficient (Wildman–Crippen LogP) is 0.668. The van der Waals surface area contributed by atoms with Crippen molar-refractivity contribution in [2.24, 2.45) is 4.99 Å². The van der Waals surface area contributed by atoms with Crippen LogP contribution >= 0.6 is 24.0 Å². The minimum Gasteiger partial charge on any atom is -0.383 e. The van der Waals surface area contributed by atoms with Gasteiger partial charge in [-0.2, -0.15) is 0 Å². The highest BCUT2D eigenvalue weighted by atomic mass is 127. The Morgan fingerprint density at radius 2 is 2.22 bits per heavy atom. The zero-order valence-electron chi connectivity index (χ0n) is 13.0. The second kappa shape index (κ2) is 10.1. The van der Waals surface area contributed by atoms with Gasteiger partial charge in [-0.25, -0.2) is 13.1 Å². The lowest BCUT2D eigenvalue weighted by atomic mass is 10.2. The van der Waals surface area contributed by atoms with Crippen molar-refractivity contribution in [3.05, 3.63) is 29.8 Å². The van der Waals surface area contributed by atoms with Crippen molar-refractivity contribution >= 4 is 40.0 Å². The summed E-state index contributed by atoms with van der Waals surface area (Å²) in [4.78, 5) is 4.57. The predicted molar refractivity (Wildman–Crippen MR) is 101 cm³/mol. The van der Waals surface area contributed by atoms with E-state index in [0.717, 1.165) is 31.0 Å². The van der Waals surface area contributed by atoms with E-state index >= 15 is 0 Å². The molecule has 1 aliphatic heterocycles. The molecule has 0 aromatic heterocycles. The summed E-state index contributed by atoms with van der Waals surface area (Å²) in [5.74, 6) is 0.762. The summed E-state index contributed by atoms with van der Waals surface area (Å²) in [5.41, 5.74) is 0.879. The molecule has 1 aromatic carbocycles. The van der Waals surface area contributed by atoms with Crippen LogP contribution in [-0.4, -0.2) is 47.7 Å². The molecule has 0 amide bonds.